The number of amidine groups is 1. The molecule has 0 unspecified atom stereocenters. The first-order chi connectivity index (χ1) is 15.6. The highest BCUT2D eigenvalue weighted by Gasteiger charge is 2.47. The molecule has 0 saturated carbocycles. The van der Waals surface area contributed by atoms with Gasteiger partial charge in [0.05, 0.1) is 19.4 Å². The third kappa shape index (κ3) is 2.98. The monoisotopic (exact) mass is 429 g/mol. The maximum Gasteiger partial charge on any atom is 0.283 e. The number of aliphatic imine (C=N–C) groups is 1. The van der Waals surface area contributed by atoms with Crippen LogP contribution in [0.4, 0.5) is 5.82 Å². The summed E-state index contributed by atoms with van der Waals surface area (Å²) in [6.45, 7) is 5.30. The van der Waals surface area contributed by atoms with Gasteiger partial charge >= 0.3 is 0 Å². The summed E-state index contributed by atoms with van der Waals surface area (Å²) in [4.78, 5) is 16.0. The quantitative estimate of drug-likeness (QED) is 0.669. The van der Waals surface area contributed by atoms with Crippen LogP contribution in [0.1, 0.15) is 16.7 Å². The summed E-state index contributed by atoms with van der Waals surface area (Å²) in [5.41, 5.74) is 10.2. The average Bonchev–Trinajstić information content (AvgIpc) is 3.22. The number of pyridine rings is 2. The van der Waals surface area contributed by atoms with Crippen LogP contribution >= 0.6 is 0 Å². The number of nitrogens with two attached hydrogens (primary N) is 1. The van der Waals surface area contributed by atoms with Gasteiger partial charge in [-0.25, -0.2) is 9.98 Å². The van der Waals surface area contributed by atoms with E-state index in [0.717, 1.165) is 52.5 Å². The van der Waals surface area contributed by atoms with Crippen LogP contribution in [0.5, 0.6) is 11.5 Å². The van der Waals surface area contributed by atoms with Crippen molar-refractivity contribution in [3.05, 3.63) is 65.6 Å². The molecule has 32 heavy (non-hydrogen) atoms. The molecular formula is C24H23N5O3. The second-order valence-corrected chi connectivity index (χ2v) is 8.30. The van der Waals surface area contributed by atoms with E-state index < -0.39 is 5.54 Å². The lowest BCUT2D eigenvalue weighted by Crippen LogP contribution is -2.37. The van der Waals surface area contributed by atoms with Gasteiger partial charge in [0.25, 0.3) is 6.02 Å². The molecule has 2 N–H and O–H groups in total. The van der Waals surface area contributed by atoms with E-state index in [1.165, 1.54) is 0 Å². The van der Waals surface area contributed by atoms with Crippen molar-refractivity contribution in [1.29, 1.82) is 0 Å². The van der Waals surface area contributed by atoms with Crippen molar-refractivity contribution < 1.29 is 14.2 Å². The Hall–Kier alpha value is -3.65. The lowest BCUT2D eigenvalue weighted by molar-refractivity contribution is 0.122. The minimum Gasteiger partial charge on any atom is -0.462 e. The molecule has 8 heteroatoms. The summed E-state index contributed by atoms with van der Waals surface area (Å²) >= 11 is 0. The van der Waals surface area contributed by atoms with Crippen molar-refractivity contribution >= 4 is 11.8 Å². The molecule has 1 spiro atoms. The number of aryl methyl sites for hydroxylation is 1. The number of rotatable bonds is 2. The molecule has 2 aromatic heterocycles. The molecule has 0 aliphatic carbocycles. The fraction of sp³-hybridized carbons (Fsp3) is 0.292. The van der Waals surface area contributed by atoms with Gasteiger partial charge in [-0.2, -0.15) is 0 Å². The zero-order valence-corrected chi connectivity index (χ0v) is 17.7. The molecule has 1 saturated heterocycles. The Labute approximate surface area is 185 Å². The zero-order valence-electron chi connectivity index (χ0n) is 17.7. The van der Waals surface area contributed by atoms with Gasteiger partial charge in [0.15, 0.2) is 11.3 Å². The molecule has 0 amide bonds. The van der Waals surface area contributed by atoms with Crippen LogP contribution < -0.4 is 15.4 Å². The number of anilines is 1. The van der Waals surface area contributed by atoms with Gasteiger partial charge in [-0.1, -0.05) is 6.07 Å². The van der Waals surface area contributed by atoms with E-state index in [1.54, 1.807) is 6.20 Å². The first kappa shape index (κ1) is 19.1. The van der Waals surface area contributed by atoms with E-state index in [4.69, 9.17) is 24.9 Å². The summed E-state index contributed by atoms with van der Waals surface area (Å²) in [5, 5.41) is 0. The first-order valence-electron chi connectivity index (χ1n) is 10.7. The van der Waals surface area contributed by atoms with E-state index >= 15 is 0 Å². The Bertz CT molecular complexity index is 1240. The van der Waals surface area contributed by atoms with Gasteiger partial charge in [0.1, 0.15) is 18.2 Å². The first-order valence-corrected chi connectivity index (χ1v) is 10.7. The molecule has 1 fully saturated rings. The van der Waals surface area contributed by atoms with Gasteiger partial charge in [-0.15, -0.1) is 0 Å². The maximum absolute atomic E-state index is 6.27. The highest BCUT2D eigenvalue weighted by Crippen LogP contribution is 2.52. The van der Waals surface area contributed by atoms with Crippen molar-refractivity contribution in [2.75, 3.05) is 37.8 Å². The molecule has 1 aromatic carbocycles. The Morgan fingerprint density at radius 3 is 2.59 bits per heavy atom. The second kappa shape index (κ2) is 7.20. The highest BCUT2D eigenvalue weighted by molar-refractivity contribution is 5.78. The number of hydrogen-bond acceptors (Lipinski definition) is 8. The largest absolute Gasteiger partial charge is 0.462 e. The van der Waals surface area contributed by atoms with Gasteiger partial charge in [-0.3, -0.25) is 4.98 Å². The molecule has 1 atom stereocenters. The van der Waals surface area contributed by atoms with E-state index in [0.29, 0.717) is 25.6 Å². The van der Waals surface area contributed by atoms with E-state index in [1.807, 2.05) is 31.5 Å². The smallest absolute Gasteiger partial charge is 0.283 e. The number of hydrogen-bond donors (Lipinski definition) is 1. The van der Waals surface area contributed by atoms with Crippen LogP contribution in [-0.4, -0.2) is 48.9 Å². The molecule has 3 aliphatic rings. The fourth-order valence-electron chi connectivity index (χ4n) is 4.61. The van der Waals surface area contributed by atoms with Crippen LogP contribution in [0.25, 0.3) is 11.1 Å². The predicted molar refractivity (Wildman–Crippen MR) is 120 cm³/mol. The van der Waals surface area contributed by atoms with Gasteiger partial charge in [0.2, 0.25) is 0 Å². The molecule has 0 radical (unpaired) electrons. The minimum absolute atomic E-state index is 0.177. The van der Waals surface area contributed by atoms with Crippen LogP contribution in [0.2, 0.25) is 0 Å². The van der Waals surface area contributed by atoms with Gasteiger partial charge in [0, 0.05) is 42.2 Å². The topological polar surface area (TPSA) is 95.1 Å². The van der Waals surface area contributed by atoms with Crippen LogP contribution in [0, 0.1) is 6.92 Å². The van der Waals surface area contributed by atoms with Gasteiger partial charge in [-0.05, 0) is 42.3 Å². The number of morpholine rings is 1. The molecule has 0 bridgehead atoms. The molecule has 8 nitrogen and oxygen atoms in total. The number of ether oxygens (including phenoxy) is 3. The third-order valence-corrected chi connectivity index (χ3v) is 6.22. The highest BCUT2D eigenvalue weighted by atomic mass is 16.5. The SMILES string of the molecule is Cc1cncc(-c2ccc3c(c2)[C@@]2(COC(N)=N2)c2cc(N4CCOCC4)ncc2O3)c1. The third-order valence-electron chi connectivity index (χ3n) is 6.22. The van der Waals surface area contributed by atoms with Crippen molar-refractivity contribution in [1.82, 2.24) is 9.97 Å². The minimum atomic E-state index is -0.787. The Balaban J connectivity index is 1.50. The summed E-state index contributed by atoms with van der Waals surface area (Å²) in [6.07, 6.45) is 5.48. The zero-order chi connectivity index (χ0) is 21.7. The molecule has 6 rings (SSSR count). The normalized spacial score (nSPS) is 21.4. The summed E-state index contributed by atoms with van der Waals surface area (Å²) < 4.78 is 17.5. The van der Waals surface area contributed by atoms with Crippen LogP contribution in [-0.2, 0) is 15.0 Å². The lowest BCUT2D eigenvalue weighted by atomic mass is 9.80. The average molecular weight is 429 g/mol. The fourth-order valence-corrected chi connectivity index (χ4v) is 4.61. The maximum atomic E-state index is 6.27. The number of benzene rings is 1. The molecule has 3 aromatic rings. The molecule has 5 heterocycles. The standard InChI is InChI=1S/C24H23N5O3/c1-15-8-17(12-26-11-15)16-2-3-20-18(9-16)24(14-31-23(25)28-24)19-10-22(27-13-21(19)32-20)29-4-6-30-7-5-29/h2-3,8-13H,4-7,14H2,1H3,(H2,25,28)/t24-/m0/s1. The van der Waals surface area contributed by atoms with Gasteiger partial charge < -0.3 is 24.8 Å². The van der Waals surface area contributed by atoms with Crippen molar-refractivity contribution in [3.8, 4) is 22.6 Å². The lowest BCUT2D eigenvalue weighted by Gasteiger charge is -2.35. The van der Waals surface area contributed by atoms with Crippen LogP contribution in [0.3, 0.4) is 0 Å². The number of fused-ring (bicyclic) bond motifs is 4. The summed E-state index contributed by atoms with van der Waals surface area (Å²) in [7, 11) is 0. The predicted octanol–water partition coefficient (Wildman–Crippen LogP) is 2.98. The summed E-state index contributed by atoms with van der Waals surface area (Å²) in [5.74, 6) is 2.27. The van der Waals surface area contributed by atoms with Crippen molar-refractivity contribution in [2.24, 2.45) is 10.7 Å². The molecule has 3 aliphatic heterocycles. The van der Waals surface area contributed by atoms with E-state index in [2.05, 4.69) is 33.1 Å². The van der Waals surface area contributed by atoms with E-state index in [-0.39, 0.29) is 6.02 Å². The molecular weight excluding hydrogens is 406 g/mol. The number of nitrogens with zero attached hydrogens (tertiary/aromatic N) is 4. The van der Waals surface area contributed by atoms with Crippen molar-refractivity contribution in [2.45, 2.75) is 12.5 Å². The Morgan fingerprint density at radius 1 is 0.969 bits per heavy atom. The summed E-state index contributed by atoms with van der Waals surface area (Å²) in [6, 6.07) is 10.5. The molecule has 162 valence electrons. The van der Waals surface area contributed by atoms with Crippen LogP contribution in [0.15, 0.2) is 53.9 Å². The number of aromatic nitrogens is 2. The van der Waals surface area contributed by atoms with Crippen molar-refractivity contribution in [3.63, 3.8) is 0 Å². The Kier molecular flexibility index (Phi) is 4.29. The Morgan fingerprint density at radius 2 is 1.81 bits per heavy atom. The second-order valence-electron chi connectivity index (χ2n) is 8.30. The van der Waals surface area contributed by atoms with E-state index in [9.17, 15) is 0 Å².